The van der Waals surface area contributed by atoms with Gasteiger partial charge < -0.3 is 9.84 Å². The molecule has 2 aromatic rings. The molecule has 0 spiro atoms. The van der Waals surface area contributed by atoms with Crippen LogP contribution < -0.4 is 4.74 Å². The van der Waals surface area contributed by atoms with Crippen LogP contribution in [0.3, 0.4) is 0 Å². The van der Waals surface area contributed by atoms with Crippen molar-refractivity contribution in [1.82, 2.24) is 4.98 Å². The summed E-state index contributed by atoms with van der Waals surface area (Å²) in [5, 5.41) is 9.62. The third kappa shape index (κ3) is 3.36. The lowest BCUT2D eigenvalue weighted by atomic mass is 10.2. The topological polar surface area (TPSA) is 59.4 Å². The van der Waals surface area contributed by atoms with E-state index in [0.29, 0.717) is 15.8 Å². The Hall–Kier alpha value is -1.78. The van der Waals surface area contributed by atoms with Crippen molar-refractivity contribution in [3.05, 3.63) is 57.8 Å². The molecule has 98 valence electrons. The van der Waals surface area contributed by atoms with Crippen LogP contribution in [0, 0.1) is 0 Å². The van der Waals surface area contributed by atoms with Crippen molar-refractivity contribution in [2.75, 3.05) is 0 Å². The second-order valence-corrected chi connectivity index (χ2v) is 4.47. The zero-order chi connectivity index (χ0) is 13.8. The van der Waals surface area contributed by atoms with E-state index >= 15 is 0 Å². The van der Waals surface area contributed by atoms with Gasteiger partial charge >= 0.3 is 5.97 Å². The fourth-order valence-corrected chi connectivity index (χ4v) is 1.79. The predicted octanol–water partition coefficient (Wildman–Crippen LogP) is 3.67. The lowest BCUT2D eigenvalue weighted by molar-refractivity contribution is 0.0690. The Kier molecular flexibility index (Phi) is 4.24. The molecule has 1 N–H and O–H groups in total. The molecule has 0 atom stereocenters. The van der Waals surface area contributed by atoms with Crippen LogP contribution in [0.4, 0.5) is 0 Å². The number of carbonyl (C=O) groups is 1. The van der Waals surface area contributed by atoms with Crippen molar-refractivity contribution in [3.63, 3.8) is 0 Å². The zero-order valence-electron chi connectivity index (χ0n) is 9.64. The van der Waals surface area contributed by atoms with Gasteiger partial charge in [-0.25, -0.2) is 9.78 Å². The molecule has 19 heavy (non-hydrogen) atoms. The summed E-state index contributed by atoms with van der Waals surface area (Å²) in [4.78, 5) is 14.4. The molecule has 0 unspecified atom stereocenters. The molecule has 0 radical (unpaired) electrons. The molecule has 0 fully saturated rings. The Balaban J connectivity index is 2.06. The number of hydrogen-bond donors (Lipinski definition) is 1. The van der Waals surface area contributed by atoms with Crippen molar-refractivity contribution < 1.29 is 14.6 Å². The van der Waals surface area contributed by atoms with Crippen molar-refractivity contribution in [3.8, 4) is 5.75 Å². The summed E-state index contributed by atoms with van der Waals surface area (Å²) in [6.45, 7) is 0.230. The minimum atomic E-state index is -1.08. The summed E-state index contributed by atoms with van der Waals surface area (Å²) in [7, 11) is 0. The van der Waals surface area contributed by atoms with Gasteiger partial charge in [0.2, 0.25) is 0 Å². The number of benzene rings is 1. The number of aromatic nitrogens is 1. The minimum absolute atomic E-state index is 0.0341. The second kappa shape index (κ2) is 5.91. The quantitative estimate of drug-likeness (QED) is 0.935. The maximum absolute atomic E-state index is 10.6. The number of aromatic carboxylic acids is 1. The highest BCUT2D eigenvalue weighted by Gasteiger charge is 2.07. The van der Waals surface area contributed by atoms with E-state index in [1.807, 2.05) is 0 Å². The Bertz CT molecular complexity index is 599. The van der Waals surface area contributed by atoms with Gasteiger partial charge in [0.15, 0.2) is 0 Å². The molecule has 0 aliphatic carbocycles. The number of carboxylic acids is 1. The Morgan fingerprint density at radius 1 is 1.26 bits per heavy atom. The average molecular weight is 298 g/mol. The predicted molar refractivity (Wildman–Crippen MR) is 72.0 cm³/mol. The minimum Gasteiger partial charge on any atom is -0.487 e. The van der Waals surface area contributed by atoms with Crippen LogP contribution in [0.5, 0.6) is 5.75 Å². The highest BCUT2D eigenvalue weighted by atomic mass is 35.5. The largest absolute Gasteiger partial charge is 0.487 e. The molecule has 1 aromatic heterocycles. The molecular formula is C13H9Cl2NO3. The van der Waals surface area contributed by atoms with Crippen LogP contribution in [0.1, 0.15) is 16.1 Å². The highest BCUT2D eigenvalue weighted by Crippen LogP contribution is 2.26. The monoisotopic (exact) mass is 297 g/mol. The van der Waals surface area contributed by atoms with E-state index < -0.39 is 5.97 Å². The molecule has 0 saturated carbocycles. The smallest absolute Gasteiger partial charge is 0.354 e. The third-order valence-electron chi connectivity index (χ3n) is 2.38. The van der Waals surface area contributed by atoms with E-state index in [4.69, 9.17) is 33.0 Å². The number of ether oxygens (including phenoxy) is 1. The fourth-order valence-electron chi connectivity index (χ4n) is 1.41. The summed E-state index contributed by atoms with van der Waals surface area (Å²) >= 11 is 11.9. The van der Waals surface area contributed by atoms with Gasteiger partial charge in [-0.2, -0.15) is 0 Å². The van der Waals surface area contributed by atoms with Gasteiger partial charge in [-0.1, -0.05) is 35.3 Å². The number of hydrogen-bond acceptors (Lipinski definition) is 3. The first-order chi connectivity index (χ1) is 9.08. The maximum atomic E-state index is 10.6. The molecule has 0 aliphatic rings. The molecule has 6 heteroatoms. The van der Waals surface area contributed by atoms with E-state index in [-0.39, 0.29) is 12.3 Å². The Labute approximate surface area is 119 Å². The summed E-state index contributed by atoms with van der Waals surface area (Å²) < 4.78 is 5.46. The molecule has 0 aliphatic heterocycles. The number of carboxylic acid groups (broad SMARTS) is 1. The summed E-state index contributed by atoms with van der Waals surface area (Å²) in [6, 6.07) is 8.18. The standard InChI is InChI=1S/C13H9Cl2NO3/c14-10-3-1-2-8(12(10)15)7-19-9-4-5-11(13(17)18)16-6-9/h1-6H,7H2,(H,17,18). The van der Waals surface area contributed by atoms with Crippen LogP contribution in [0.25, 0.3) is 0 Å². The summed E-state index contributed by atoms with van der Waals surface area (Å²) in [5.74, 6) is -0.620. The van der Waals surface area contributed by atoms with Crippen LogP contribution in [-0.4, -0.2) is 16.1 Å². The molecule has 4 nitrogen and oxygen atoms in total. The molecule has 1 aromatic carbocycles. The van der Waals surface area contributed by atoms with E-state index in [2.05, 4.69) is 4.98 Å². The molecular weight excluding hydrogens is 289 g/mol. The van der Waals surface area contributed by atoms with Crippen LogP contribution in [0.2, 0.25) is 10.0 Å². The van der Waals surface area contributed by atoms with E-state index in [1.54, 1.807) is 18.2 Å². The van der Waals surface area contributed by atoms with Gasteiger partial charge in [0.1, 0.15) is 18.1 Å². The third-order valence-corrected chi connectivity index (χ3v) is 3.24. The van der Waals surface area contributed by atoms with Gasteiger partial charge in [-0.05, 0) is 18.2 Å². The second-order valence-electron chi connectivity index (χ2n) is 3.69. The molecule has 2 rings (SSSR count). The number of rotatable bonds is 4. The van der Waals surface area contributed by atoms with Gasteiger partial charge in [0.05, 0.1) is 16.2 Å². The average Bonchev–Trinajstić information content (AvgIpc) is 2.41. The Morgan fingerprint density at radius 2 is 2.05 bits per heavy atom. The SMILES string of the molecule is O=C(O)c1ccc(OCc2cccc(Cl)c2Cl)cn1. The highest BCUT2D eigenvalue weighted by molar-refractivity contribution is 6.42. The van der Waals surface area contributed by atoms with Gasteiger partial charge in [-0.15, -0.1) is 0 Å². The zero-order valence-corrected chi connectivity index (χ0v) is 11.1. The summed E-state index contributed by atoms with van der Waals surface area (Å²) in [6.07, 6.45) is 1.35. The lowest BCUT2D eigenvalue weighted by Gasteiger charge is -2.08. The van der Waals surface area contributed by atoms with Gasteiger partial charge in [0.25, 0.3) is 0 Å². The number of pyridine rings is 1. The first-order valence-electron chi connectivity index (χ1n) is 5.33. The molecule has 0 bridgehead atoms. The van der Waals surface area contributed by atoms with Gasteiger partial charge in [0, 0.05) is 5.56 Å². The first kappa shape index (κ1) is 13.6. The number of nitrogens with zero attached hydrogens (tertiary/aromatic N) is 1. The lowest BCUT2D eigenvalue weighted by Crippen LogP contribution is -2.01. The maximum Gasteiger partial charge on any atom is 0.354 e. The van der Waals surface area contributed by atoms with E-state index in [9.17, 15) is 4.79 Å². The molecule has 0 saturated heterocycles. The molecule has 0 amide bonds. The van der Waals surface area contributed by atoms with E-state index in [0.717, 1.165) is 5.56 Å². The van der Waals surface area contributed by atoms with Gasteiger partial charge in [-0.3, -0.25) is 0 Å². The first-order valence-corrected chi connectivity index (χ1v) is 6.08. The van der Waals surface area contributed by atoms with Crippen LogP contribution in [-0.2, 0) is 6.61 Å². The van der Waals surface area contributed by atoms with Crippen molar-refractivity contribution >= 4 is 29.2 Å². The van der Waals surface area contributed by atoms with E-state index in [1.165, 1.54) is 18.3 Å². The normalized spacial score (nSPS) is 10.2. The van der Waals surface area contributed by atoms with Crippen LogP contribution >= 0.6 is 23.2 Å². The van der Waals surface area contributed by atoms with Crippen molar-refractivity contribution in [2.45, 2.75) is 6.61 Å². The summed E-state index contributed by atoms with van der Waals surface area (Å²) in [5.41, 5.74) is 0.713. The Morgan fingerprint density at radius 3 is 2.68 bits per heavy atom. The fraction of sp³-hybridized carbons (Fsp3) is 0.0769. The van der Waals surface area contributed by atoms with Crippen molar-refractivity contribution in [2.24, 2.45) is 0 Å². The van der Waals surface area contributed by atoms with Crippen molar-refractivity contribution in [1.29, 1.82) is 0 Å². The number of halogens is 2. The van der Waals surface area contributed by atoms with Crippen LogP contribution in [0.15, 0.2) is 36.5 Å². The molecule has 1 heterocycles.